The Bertz CT molecular complexity index is 215. The molecule has 2 N–H and O–H groups in total. The van der Waals surface area contributed by atoms with Crippen molar-refractivity contribution < 1.29 is 4.79 Å². The van der Waals surface area contributed by atoms with E-state index in [0.29, 0.717) is 18.5 Å². The van der Waals surface area contributed by atoms with Crippen LogP contribution in [-0.2, 0) is 4.79 Å². The van der Waals surface area contributed by atoms with E-state index in [1.807, 2.05) is 5.01 Å². The van der Waals surface area contributed by atoms with Crippen LogP contribution in [0.4, 0.5) is 0 Å². The number of carbonyl (C=O) groups is 1. The maximum Gasteiger partial charge on any atom is 0.237 e. The molecule has 4 nitrogen and oxygen atoms in total. The first kappa shape index (κ1) is 9.93. The summed E-state index contributed by atoms with van der Waals surface area (Å²) >= 11 is 0. The summed E-state index contributed by atoms with van der Waals surface area (Å²) in [6, 6.07) is 0.514. The number of hydrogen-bond acceptors (Lipinski definition) is 3. The molecule has 0 atom stereocenters. The molecule has 0 bridgehead atoms. The minimum atomic E-state index is 0.316. The first-order valence-electron chi connectivity index (χ1n) is 5.60. The summed E-state index contributed by atoms with van der Waals surface area (Å²) in [4.78, 5) is 11.7. The van der Waals surface area contributed by atoms with Gasteiger partial charge in [-0.15, -0.1) is 0 Å². The zero-order chi connectivity index (χ0) is 9.97. The molecule has 4 heteroatoms. The molecule has 1 amide bonds. The van der Waals surface area contributed by atoms with Gasteiger partial charge in [0.05, 0.1) is 0 Å². The number of carbonyl (C=O) groups excluding carboxylic acids is 1. The summed E-state index contributed by atoms with van der Waals surface area (Å²) < 4.78 is 0. The number of nitrogens with zero attached hydrogens (tertiary/aromatic N) is 2. The smallest absolute Gasteiger partial charge is 0.237 e. The van der Waals surface area contributed by atoms with Gasteiger partial charge >= 0.3 is 0 Å². The highest BCUT2D eigenvalue weighted by Crippen LogP contribution is 2.31. The Labute approximate surface area is 85.0 Å². The highest BCUT2D eigenvalue weighted by Gasteiger charge is 2.37. The first-order valence-corrected chi connectivity index (χ1v) is 5.60. The molecule has 0 aromatic carbocycles. The molecule has 0 aromatic heterocycles. The Morgan fingerprint density at radius 2 is 2.21 bits per heavy atom. The maximum atomic E-state index is 11.7. The standard InChI is InChI=1S/C10H19N3O/c11-6-2-8-12-7-1-3-10(14)13(12)9-4-5-9/h9H,1-8,11H2. The predicted molar refractivity (Wildman–Crippen MR) is 54.3 cm³/mol. The van der Waals surface area contributed by atoms with E-state index in [1.165, 1.54) is 12.8 Å². The van der Waals surface area contributed by atoms with Crippen LogP contribution in [0.2, 0.25) is 0 Å². The summed E-state index contributed by atoms with van der Waals surface area (Å²) in [7, 11) is 0. The SMILES string of the molecule is NCCCN1CCCC(=O)N1C1CC1. The molecular weight excluding hydrogens is 178 g/mol. The quantitative estimate of drug-likeness (QED) is 0.707. The zero-order valence-corrected chi connectivity index (χ0v) is 8.61. The van der Waals surface area contributed by atoms with E-state index in [9.17, 15) is 4.79 Å². The largest absolute Gasteiger partial charge is 0.330 e. The van der Waals surface area contributed by atoms with Gasteiger partial charge < -0.3 is 5.73 Å². The van der Waals surface area contributed by atoms with Gasteiger partial charge in [-0.3, -0.25) is 9.80 Å². The van der Waals surface area contributed by atoms with Crippen molar-refractivity contribution in [2.24, 2.45) is 5.73 Å². The summed E-state index contributed by atoms with van der Waals surface area (Å²) in [6.45, 7) is 2.68. The number of nitrogens with two attached hydrogens (primary N) is 1. The number of hydrazine groups is 1. The highest BCUT2D eigenvalue weighted by molar-refractivity contribution is 5.77. The molecule has 2 aliphatic rings. The molecule has 1 aliphatic heterocycles. The molecule has 0 aromatic rings. The average Bonchev–Trinajstić information content (AvgIpc) is 2.98. The van der Waals surface area contributed by atoms with Crippen LogP contribution in [-0.4, -0.2) is 41.6 Å². The van der Waals surface area contributed by atoms with Gasteiger partial charge in [-0.1, -0.05) is 0 Å². The zero-order valence-electron chi connectivity index (χ0n) is 8.61. The van der Waals surface area contributed by atoms with Gasteiger partial charge in [-0.2, -0.15) is 0 Å². The molecule has 0 spiro atoms. The van der Waals surface area contributed by atoms with Gasteiger partial charge in [0.1, 0.15) is 0 Å². The molecule has 14 heavy (non-hydrogen) atoms. The third-order valence-corrected chi connectivity index (χ3v) is 2.88. The molecule has 80 valence electrons. The molecular formula is C10H19N3O. The normalized spacial score (nSPS) is 24.4. The van der Waals surface area contributed by atoms with Gasteiger partial charge in [-0.25, -0.2) is 5.01 Å². The lowest BCUT2D eigenvalue weighted by Crippen LogP contribution is -2.52. The van der Waals surface area contributed by atoms with Gasteiger partial charge in [0.25, 0.3) is 0 Å². The molecule has 2 rings (SSSR count). The van der Waals surface area contributed by atoms with Crippen LogP contribution in [0.15, 0.2) is 0 Å². The van der Waals surface area contributed by atoms with Gasteiger partial charge in [0.15, 0.2) is 0 Å². The van der Waals surface area contributed by atoms with Crippen molar-refractivity contribution in [3.8, 4) is 0 Å². The van der Waals surface area contributed by atoms with E-state index in [1.54, 1.807) is 0 Å². The highest BCUT2D eigenvalue weighted by atomic mass is 16.2. The molecule has 2 fully saturated rings. The summed E-state index contributed by atoms with van der Waals surface area (Å²) in [5.74, 6) is 0.316. The van der Waals surface area contributed by atoms with Crippen LogP contribution in [0.3, 0.4) is 0 Å². The van der Waals surface area contributed by atoms with Crippen molar-refractivity contribution in [1.82, 2.24) is 10.0 Å². The molecule has 0 radical (unpaired) electrons. The van der Waals surface area contributed by atoms with E-state index in [0.717, 1.165) is 32.4 Å². The fourth-order valence-electron chi connectivity index (χ4n) is 2.04. The Morgan fingerprint density at radius 1 is 1.43 bits per heavy atom. The monoisotopic (exact) mass is 197 g/mol. The Balaban J connectivity index is 1.93. The minimum Gasteiger partial charge on any atom is -0.330 e. The van der Waals surface area contributed by atoms with E-state index in [-0.39, 0.29) is 0 Å². The van der Waals surface area contributed by atoms with E-state index >= 15 is 0 Å². The fraction of sp³-hybridized carbons (Fsp3) is 0.900. The molecule has 1 saturated carbocycles. The van der Waals surface area contributed by atoms with Crippen molar-refractivity contribution in [2.45, 2.75) is 38.1 Å². The van der Waals surface area contributed by atoms with Gasteiger partial charge in [0, 0.05) is 25.6 Å². The molecule has 1 aliphatic carbocycles. The van der Waals surface area contributed by atoms with Crippen molar-refractivity contribution in [1.29, 1.82) is 0 Å². The van der Waals surface area contributed by atoms with Gasteiger partial charge in [0.2, 0.25) is 5.91 Å². The summed E-state index contributed by atoms with van der Waals surface area (Å²) in [5, 5.41) is 4.20. The van der Waals surface area contributed by atoms with Crippen molar-refractivity contribution >= 4 is 5.91 Å². The van der Waals surface area contributed by atoms with Gasteiger partial charge in [-0.05, 0) is 32.2 Å². The molecule has 0 unspecified atom stereocenters. The number of amides is 1. The van der Waals surface area contributed by atoms with Crippen molar-refractivity contribution in [3.05, 3.63) is 0 Å². The van der Waals surface area contributed by atoms with E-state index in [2.05, 4.69) is 5.01 Å². The van der Waals surface area contributed by atoms with Crippen molar-refractivity contribution in [2.75, 3.05) is 19.6 Å². The van der Waals surface area contributed by atoms with Crippen LogP contribution >= 0.6 is 0 Å². The van der Waals surface area contributed by atoms with Crippen LogP contribution < -0.4 is 5.73 Å². The fourth-order valence-corrected chi connectivity index (χ4v) is 2.04. The van der Waals surface area contributed by atoms with Crippen LogP contribution in [0.1, 0.15) is 32.1 Å². The third-order valence-electron chi connectivity index (χ3n) is 2.88. The lowest BCUT2D eigenvalue weighted by Gasteiger charge is -2.38. The van der Waals surface area contributed by atoms with Crippen LogP contribution in [0, 0.1) is 0 Å². The number of rotatable bonds is 4. The van der Waals surface area contributed by atoms with E-state index < -0.39 is 0 Å². The number of hydrogen-bond donors (Lipinski definition) is 1. The second-order valence-electron chi connectivity index (χ2n) is 4.17. The predicted octanol–water partition coefficient (Wildman–Crippen LogP) is 0.337. The summed E-state index contributed by atoms with van der Waals surface area (Å²) in [6.07, 6.45) is 5.09. The van der Waals surface area contributed by atoms with Crippen LogP contribution in [0.25, 0.3) is 0 Å². The van der Waals surface area contributed by atoms with E-state index in [4.69, 9.17) is 5.73 Å². The average molecular weight is 197 g/mol. The second kappa shape index (κ2) is 4.28. The molecule has 1 saturated heterocycles. The van der Waals surface area contributed by atoms with Crippen LogP contribution in [0.5, 0.6) is 0 Å². The Morgan fingerprint density at radius 3 is 2.86 bits per heavy atom. The second-order valence-corrected chi connectivity index (χ2v) is 4.17. The van der Waals surface area contributed by atoms with Crippen molar-refractivity contribution in [3.63, 3.8) is 0 Å². The topological polar surface area (TPSA) is 49.6 Å². The minimum absolute atomic E-state index is 0.316. The maximum absolute atomic E-state index is 11.7. The Hall–Kier alpha value is -0.610. The first-order chi connectivity index (χ1) is 6.83. The lowest BCUT2D eigenvalue weighted by molar-refractivity contribution is -0.157. The Kier molecular flexibility index (Phi) is 3.03. The lowest BCUT2D eigenvalue weighted by atomic mass is 10.2. The third kappa shape index (κ3) is 2.07. The molecule has 1 heterocycles. The summed E-state index contributed by atoms with van der Waals surface area (Å²) in [5.41, 5.74) is 5.49.